The Hall–Kier alpha value is -2.74. The van der Waals surface area contributed by atoms with E-state index in [9.17, 15) is 4.79 Å². The van der Waals surface area contributed by atoms with Crippen LogP contribution in [0.4, 0.5) is 0 Å². The molecule has 4 aromatic heterocycles. The van der Waals surface area contributed by atoms with Crippen LogP contribution in [-0.2, 0) is 12.2 Å². The maximum atomic E-state index is 13.4. The van der Waals surface area contributed by atoms with Crippen LogP contribution in [0.3, 0.4) is 0 Å². The molecule has 1 atom stereocenters. The van der Waals surface area contributed by atoms with Gasteiger partial charge in [-0.05, 0) is 17.7 Å². The molecule has 5 aromatic rings. The van der Waals surface area contributed by atoms with Crippen molar-refractivity contribution in [3.63, 3.8) is 0 Å². The molecule has 1 aromatic carbocycles. The second-order valence-electron chi connectivity index (χ2n) is 7.02. The average Bonchev–Trinajstić information content (AvgIpc) is 3.45. The standard InChI is InChI=1S/C21H15N4O3PS2/c1-27-17-13-9-30-8-7-12(13)14-15-16(28-18(14)23-17)20(26)29(10-22-15)21-25-24-19(31-21)11-5-3-2-4-6-11/h2-6,10H,7-9H2,1H3. The molecule has 154 valence electrons. The van der Waals surface area contributed by atoms with Gasteiger partial charge in [-0.2, -0.15) is 16.7 Å². The van der Waals surface area contributed by atoms with E-state index in [0.29, 0.717) is 21.9 Å². The molecule has 0 fully saturated rings. The second-order valence-corrected chi connectivity index (χ2v) is 11.2. The van der Waals surface area contributed by atoms with Gasteiger partial charge in [-0.1, -0.05) is 41.7 Å². The van der Waals surface area contributed by atoms with Gasteiger partial charge in [-0.25, -0.2) is 4.98 Å². The minimum atomic E-state index is -1.39. The lowest BCUT2D eigenvalue weighted by atomic mass is 10.0. The summed E-state index contributed by atoms with van der Waals surface area (Å²) < 4.78 is 12.1. The number of furan rings is 1. The van der Waals surface area contributed by atoms with Crippen LogP contribution in [0.25, 0.3) is 37.5 Å². The van der Waals surface area contributed by atoms with Gasteiger partial charge in [-0.15, -0.1) is 10.2 Å². The molecule has 1 unspecified atom stereocenters. The molecule has 0 saturated heterocycles. The SMILES string of the molecule is COc1nc2oc3c(=O)p(-c4nnc(-c5ccccc5)s4)cnc3c2c2c1CSCC2. The molecule has 6 rings (SSSR count). The molecule has 0 saturated carbocycles. The van der Waals surface area contributed by atoms with Crippen molar-refractivity contribution >= 4 is 52.8 Å². The number of hydrogen-bond acceptors (Lipinski definition) is 9. The third-order valence-corrected chi connectivity index (χ3v) is 9.40. The first-order chi connectivity index (χ1) is 15.2. The van der Waals surface area contributed by atoms with Gasteiger partial charge in [0.25, 0.3) is 0 Å². The Kier molecular flexibility index (Phi) is 4.56. The fourth-order valence-corrected chi connectivity index (χ4v) is 7.58. The van der Waals surface area contributed by atoms with Gasteiger partial charge in [0, 0.05) is 24.4 Å². The summed E-state index contributed by atoms with van der Waals surface area (Å²) in [5, 5.41) is 10.1. The summed E-state index contributed by atoms with van der Waals surface area (Å²) in [7, 11) is 0.224. The number of fused-ring (bicyclic) bond motifs is 5. The number of rotatable bonds is 3. The van der Waals surface area contributed by atoms with Crippen LogP contribution in [0.1, 0.15) is 11.1 Å². The van der Waals surface area contributed by atoms with Crippen molar-refractivity contribution in [2.24, 2.45) is 0 Å². The van der Waals surface area contributed by atoms with Crippen LogP contribution in [0.5, 0.6) is 5.88 Å². The van der Waals surface area contributed by atoms with Gasteiger partial charge >= 0.3 is 0 Å². The number of pyridine rings is 1. The molecule has 0 aliphatic carbocycles. The summed E-state index contributed by atoms with van der Waals surface area (Å²) in [6, 6.07) is 9.82. The Morgan fingerprint density at radius 1 is 1.16 bits per heavy atom. The molecule has 10 heteroatoms. The first-order valence-corrected chi connectivity index (χ1v) is 13.0. The number of hydrogen-bond donors (Lipinski definition) is 0. The summed E-state index contributed by atoms with van der Waals surface area (Å²) in [4.78, 5) is 22.6. The van der Waals surface area contributed by atoms with E-state index in [-0.39, 0.29) is 10.7 Å². The Morgan fingerprint density at radius 2 is 2.03 bits per heavy atom. The van der Waals surface area contributed by atoms with Crippen molar-refractivity contribution in [3.8, 4) is 21.2 Å². The number of aryl methyl sites for hydroxylation is 1. The predicted molar refractivity (Wildman–Crippen MR) is 125 cm³/mol. The highest BCUT2D eigenvalue weighted by Crippen LogP contribution is 2.43. The summed E-state index contributed by atoms with van der Waals surface area (Å²) >= 11 is 3.27. The minimum Gasteiger partial charge on any atom is -0.481 e. The van der Waals surface area contributed by atoms with Crippen molar-refractivity contribution in [2.45, 2.75) is 12.2 Å². The topological polar surface area (TPSA) is 91.0 Å². The maximum absolute atomic E-state index is 13.4. The van der Waals surface area contributed by atoms with E-state index < -0.39 is 7.53 Å². The van der Waals surface area contributed by atoms with Crippen LogP contribution < -0.4 is 9.90 Å². The van der Waals surface area contributed by atoms with Gasteiger partial charge in [-0.3, -0.25) is 4.79 Å². The lowest BCUT2D eigenvalue weighted by Gasteiger charge is -2.17. The monoisotopic (exact) mass is 466 g/mol. The summed E-state index contributed by atoms with van der Waals surface area (Å²) in [5.74, 6) is 4.13. The van der Waals surface area contributed by atoms with Gasteiger partial charge in [0.1, 0.15) is 10.5 Å². The molecule has 1 aliphatic heterocycles. The third-order valence-electron chi connectivity index (χ3n) is 5.28. The quantitative estimate of drug-likeness (QED) is 0.366. The summed E-state index contributed by atoms with van der Waals surface area (Å²) in [6.07, 6.45) is 0.872. The molecule has 0 spiro atoms. The highest BCUT2D eigenvalue weighted by molar-refractivity contribution is 7.98. The first kappa shape index (κ1) is 19.0. The molecule has 0 radical (unpaired) electrons. The zero-order valence-electron chi connectivity index (χ0n) is 16.4. The summed E-state index contributed by atoms with van der Waals surface area (Å²) in [5.41, 5.74) is 4.45. The van der Waals surface area contributed by atoms with E-state index >= 15 is 0 Å². The Bertz CT molecular complexity index is 1510. The van der Waals surface area contributed by atoms with Crippen molar-refractivity contribution < 1.29 is 9.15 Å². The Labute approximate surface area is 185 Å². The van der Waals surface area contributed by atoms with Crippen LogP contribution in [0.2, 0.25) is 0 Å². The van der Waals surface area contributed by atoms with Gasteiger partial charge in [0.15, 0.2) is 4.75 Å². The number of thioether (sulfide) groups is 1. The predicted octanol–water partition coefficient (Wildman–Crippen LogP) is 5.03. The van der Waals surface area contributed by atoms with Crippen molar-refractivity contribution in [1.29, 1.82) is 0 Å². The van der Waals surface area contributed by atoms with Crippen LogP contribution in [-0.4, -0.2) is 33.0 Å². The number of benzene rings is 1. The zero-order valence-corrected chi connectivity index (χ0v) is 18.9. The molecule has 1 aliphatic rings. The molecule has 5 heterocycles. The highest BCUT2D eigenvalue weighted by atomic mass is 32.2. The maximum Gasteiger partial charge on any atom is 0.249 e. The number of ether oxygens (including phenoxy) is 1. The van der Waals surface area contributed by atoms with Crippen LogP contribution in [0.15, 0.2) is 45.5 Å². The van der Waals surface area contributed by atoms with E-state index in [4.69, 9.17) is 9.15 Å². The van der Waals surface area contributed by atoms with Crippen LogP contribution in [0, 0.1) is 0 Å². The molecule has 0 N–H and O–H groups in total. The number of methoxy groups -OCH3 is 1. The largest absolute Gasteiger partial charge is 0.481 e. The number of nitrogens with zero attached hydrogens (tertiary/aromatic N) is 4. The Balaban J connectivity index is 1.54. The second kappa shape index (κ2) is 7.44. The van der Waals surface area contributed by atoms with Crippen molar-refractivity contribution in [1.82, 2.24) is 20.2 Å². The summed E-state index contributed by atoms with van der Waals surface area (Å²) in [6.45, 7) is 0. The third kappa shape index (κ3) is 2.99. The van der Waals surface area contributed by atoms with Crippen molar-refractivity contribution in [2.75, 3.05) is 12.9 Å². The first-order valence-electron chi connectivity index (χ1n) is 9.61. The van der Waals surface area contributed by atoms with Crippen LogP contribution >= 0.6 is 30.6 Å². The number of aromatic nitrogens is 4. The van der Waals surface area contributed by atoms with E-state index in [1.165, 1.54) is 11.3 Å². The minimum absolute atomic E-state index is 0.105. The molecule has 7 nitrogen and oxygen atoms in total. The average molecular weight is 466 g/mol. The smallest absolute Gasteiger partial charge is 0.249 e. The van der Waals surface area contributed by atoms with Gasteiger partial charge < -0.3 is 9.15 Å². The molecule has 31 heavy (non-hydrogen) atoms. The van der Waals surface area contributed by atoms with E-state index in [1.807, 2.05) is 42.1 Å². The van der Waals surface area contributed by atoms with Gasteiger partial charge in [0.2, 0.25) is 22.3 Å². The molecular formula is C21H15N4O3PS2. The van der Waals surface area contributed by atoms with Crippen molar-refractivity contribution in [3.05, 3.63) is 57.3 Å². The Morgan fingerprint density at radius 3 is 2.87 bits per heavy atom. The highest BCUT2D eigenvalue weighted by Gasteiger charge is 2.26. The van der Waals surface area contributed by atoms with E-state index in [1.54, 1.807) is 13.0 Å². The van der Waals surface area contributed by atoms with E-state index in [2.05, 4.69) is 20.2 Å². The lowest BCUT2D eigenvalue weighted by Crippen LogP contribution is -2.07. The fraction of sp³-hybridized carbons (Fsp3) is 0.190. The molecular weight excluding hydrogens is 451 g/mol. The fourth-order valence-electron chi connectivity index (χ4n) is 3.84. The van der Waals surface area contributed by atoms with E-state index in [0.717, 1.165) is 45.0 Å². The molecule has 0 amide bonds. The zero-order chi connectivity index (χ0) is 20.9. The normalized spacial score (nSPS) is 14.2. The lowest BCUT2D eigenvalue weighted by molar-refractivity contribution is 0.393. The van der Waals surface area contributed by atoms with Gasteiger partial charge in [0.05, 0.1) is 18.4 Å². The molecule has 0 bridgehead atoms.